The Labute approximate surface area is 109 Å². The summed E-state index contributed by atoms with van der Waals surface area (Å²) in [6.45, 7) is 3.86. The van der Waals surface area contributed by atoms with Crippen molar-refractivity contribution in [1.82, 2.24) is 9.97 Å². The molecule has 0 aliphatic carbocycles. The van der Waals surface area contributed by atoms with Gasteiger partial charge in [-0.25, -0.2) is 14.8 Å². The van der Waals surface area contributed by atoms with Crippen molar-refractivity contribution >= 4 is 33.3 Å². The second kappa shape index (κ2) is 4.89. The normalized spacial score (nSPS) is 12.6. The van der Waals surface area contributed by atoms with Crippen molar-refractivity contribution in [3.8, 4) is 0 Å². The Kier molecular flexibility index (Phi) is 3.47. The number of nitrogens with zero attached hydrogens (tertiary/aromatic N) is 3. The summed E-state index contributed by atoms with van der Waals surface area (Å²) >= 11 is 1.59. The first-order valence-corrected chi connectivity index (χ1v) is 6.53. The maximum Gasteiger partial charge on any atom is 0.326 e. The first kappa shape index (κ1) is 12.8. The van der Waals surface area contributed by atoms with Crippen LogP contribution in [0.4, 0.5) is 5.82 Å². The van der Waals surface area contributed by atoms with Gasteiger partial charge >= 0.3 is 5.97 Å². The van der Waals surface area contributed by atoms with Crippen LogP contribution in [0.5, 0.6) is 0 Å². The lowest BCUT2D eigenvalue weighted by Gasteiger charge is -2.25. The predicted octanol–water partition coefficient (Wildman–Crippen LogP) is 2.30. The number of thiophene rings is 1. The lowest BCUT2D eigenvalue weighted by Crippen LogP contribution is -2.38. The molecule has 0 aromatic carbocycles. The van der Waals surface area contributed by atoms with Gasteiger partial charge in [0.2, 0.25) is 0 Å². The predicted molar refractivity (Wildman–Crippen MR) is 72.3 cm³/mol. The molecule has 0 saturated carbocycles. The van der Waals surface area contributed by atoms with Crippen LogP contribution in [-0.2, 0) is 4.79 Å². The first-order valence-electron chi connectivity index (χ1n) is 5.71. The van der Waals surface area contributed by atoms with Gasteiger partial charge in [0, 0.05) is 11.9 Å². The van der Waals surface area contributed by atoms with Crippen molar-refractivity contribution in [3.05, 3.63) is 17.3 Å². The van der Waals surface area contributed by atoms with Crippen LogP contribution in [0, 0.1) is 6.92 Å². The number of aromatic nitrogens is 2. The standard InChI is InChI=1S/C12H15N3O2S/c1-4-9(12(16)17)15(3)10-8-5-7(2)18-11(8)14-6-13-10/h5-6,9H,4H2,1-3H3,(H,16,17). The summed E-state index contributed by atoms with van der Waals surface area (Å²) in [5.74, 6) is -0.155. The highest BCUT2D eigenvalue weighted by Gasteiger charge is 2.23. The summed E-state index contributed by atoms with van der Waals surface area (Å²) in [7, 11) is 1.76. The fraction of sp³-hybridized carbons (Fsp3) is 0.417. The molecule has 0 radical (unpaired) electrons. The number of carboxylic acids is 1. The van der Waals surface area contributed by atoms with Crippen LogP contribution in [0.2, 0.25) is 0 Å². The second-order valence-electron chi connectivity index (χ2n) is 4.15. The van der Waals surface area contributed by atoms with E-state index in [-0.39, 0.29) is 0 Å². The molecular formula is C12H15N3O2S. The van der Waals surface area contributed by atoms with Crippen molar-refractivity contribution in [1.29, 1.82) is 0 Å². The Hall–Kier alpha value is -1.69. The number of anilines is 1. The Morgan fingerprint density at radius 3 is 2.89 bits per heavy atom. The van der Waals surface area contributed by atoms with Gasteiger partial charge in [-0.15, -0.1) is 11.3 Å². The molecule has 0 spiro atoms. The third-order valence-electron chi connectivity index (χ3n) is 2.90. The molecule has 2 heterocycles. The molecule has 2 aromatic heterocycles. The van der Waals surface area contributed by atoms with Crippen LogP contribution < -0.4 is 4.90 Å². The van der Waals surface area contributed by atoms with Gasteiger partial charge in [-0.1, -0.05) is 6.92 Å². The van der Waals surface area contributed by atoms with E-state index in [1.807, 2.05) is 19.9 Å². The number of fused-ring (bicyclic) bond motifs is 1. The lowest BCUT2D eigenvalue weighted by molar-refractivity contribution is -0.138. The maximum atomic E-state index is 11.2. The smallest absolute Gasteiger partial charge is 0.326 e. The van der Waals surface area contributed by atoms with E-state index in [1.54, 1.807) is 23.3 Å². The fourth-order valence-electron chi connectivity index (χ4n) is 2.01. The van der Waals surface area contributed by atoms with E-state index in [0.29, 0.717) is 12.2 Å². The number of hydrogen-bond acceptors (Lipinski definition) is 5. The van der Waals surface area contributed by atoms with Gasteiger partial charge in [0.15, 0.2) is 0 Å². The molecule has 2 rings (SSSR count). The van der Waals surface area contributed by atoms with E-state index in [2.05, 4.69) is 9.97 Å². The summed E-state index contributed by atoms with van der Waals surface area (Å²) in [6, 6.07) is 1.43. The van der Waals surface area contributed by atoms with Crippen LogP contribution >= 0.6 is 11.3 Å². The second-order valence-corrected chi connectivity index (χ2v) is 5.38. The zero-order valence-electron chi connectivity index (χ0n) is 10.5. The molecule has 0 fully saturated rings. The van der Waals surface area contributed by atoms with Crippen molar-refractivity contribution in [3.63, 3.8) is 0 Å². The van der Waals surface area contributed by atoms with Crippen LogP contribution in [-0.4, -0.2) is 34.1 Å². The largest absolute Gasteiger partial charge is 0.480 e. The number of aryl methyl sites for hydroxylation is 1. The van der Waals surface area contributed by atoms with E-state index in [9.17, 15) is 9.90 Å². The summed E-state index contributed by atoms with van der Waals surface area (Å²) in [6.07, 6.45) is 2.01. The Balaban J connectivity index is 2.49. The first-order chi connectivity index (χ1) is 8.54. The maximum absolute atomic E-state index is 11.2. The molecule has 5 nitrogen and oxygen atoms in total. The number of likely N-dealkylation sites (N-methyl/N-ethyl adjacent to an activating group) is 1. The average Bonchev–Trinajstić information content (AvgIpc) is 2.68. The Morgan fingerprint density at radius 1 is 1.56 bits per heavy atom. The van der Waals surface area contributed by atoms with Gasteiger partial charge in [-0.05, 0) is 19.4 Å². The number of rotatable bonds is 4. The van der Waals surface area contributed by atoms with Crippen LogP contribution in [0.25, 0.3) is 10.2 Å². The number of hydrogen-bond donors (Lipinski definition) is 1. The van der Waals surface area contributed by atoms with E-state index in [1.165, 1.54) is 6.33 Å². The lowest BCUT2D eigenvalue weighted by atomic mass is 10.2. The van der Waals surface area contributed by atoms with Gasteiger partial charge in [-0.2, -0.15) is 0 Å². The highest BCUT2D eigenvalue weighted by Crippen LogP contribution is 2.30. The molecule has 0 aliphatic rings. The SMILES string of the molecule is CCC(C(=O)O)N(C)c1ncnc2sc(C)cc12. The van der Waals surface area contributed by atoms with E-state index in [0.717, 1.165) is 15.1 Å². The molecule has 0 amide bonds. The van der Waals surface area contributed by atoms with Gasteiger partial charge in [0.1, 0.15) is 23.0 Å². The monoisotopic (exact) mass is 265 g/mol. The minimum Gasteiger partial charge on any atom is -0.480 e. The molecule has 1 unspecified atom stereocenters. The van der Waals surface area contributed by atoms with Crippen molar-refractivity contribution < 1.29 is 9.90 Å². The molecule has 2 aromatic rings. The van der Waals surface area contributed by atoms with Crippen LogP contribution in [0.15, 0.2) is 12.4 Å². The van der Waals surface area contributed by atoms with Gasteiger partial charge in [-0.3, -0.25) is 0 Å². The number of carboxylic acid groups (broad SMARTS) is 1. The van der Waals surface area contributed by atoms with E-state index < -0.39 is 12.0 Å². The molecule has 0 saturated heterocycles. The van der Waals surface area contributed by atoms with E-state index in [4.69, 9.17) is 0 Å². The molecule has 1 atom stereocenters. The third kappa shape index (κ3) is 2.15. The minimum atomic E-state index is -0.835. The van der Waals surface area contributed by atoms with Gasteiger partial charge < -0.3 is 10.0 Å². The van der Waals surface area contributed by atoms with Crippen LogP contribution in [0.1, 0.15) is 18.2 Å². The summed E-state index contributed by atoms with van der Waals surface area (Å²) in [4.78, 5) is 23.4. The Bertz CT molecular complexity index is 582. The van der Waals surface area contributed by atoms with Crippen molar-refractivity contribution in [2.45, 2.75) is 26.3 Å². The van der Waals surface area contributed by atoms with Crippen LogP contribution in [0.3, 0.4) is 0 Å². The molecule has 6 heteroatoms. The molecule has 1 N–H and O–H groups in total. The molecule has 18 heavy (non-hydrogen) atoms. The topological polar surface area (TPSA) is 66.3 Å². The summed E-state index contributed by atoms with van der Waals surface area (Å²) in [5.41, 5.74) is 0. The molecular weight excluding hydrogens is 250 g/mol. The molecule has 0 aliphatic heterocycles. The molecule has 96 valence electrons. The number of carbonyl (C=O) groups is 1. The van der Waals surface area contributed by atoms with Gasteiger partial charge in [0.25, 0.3) is 0 Å². The van der Waals surface area contributed by atoms with Crippen molar-refractivity contribution in [2.75, 3.05) is 11.9 Å². The third-order valence-corrected chi connectivity index (χ3v) is 3.86. The summed E-state index contributed by atoms with van der Waals surface area (Å²) < 4.78 is 0. The fourth-order valence-corrected chi connectivity index (χ4v) is 2.85. The zero-order valence-corrected chi connectivity index (χ0v) is 11.4. The quantitative estimate of drug-likeness (QED) is 0.918. The average molecular weight is 265 g/mol. The zero-order chi connectivity index (χ0) is 13.3. The Morgan fingerprint density at radius 2 is 2.28 bits per heavy atom. The van der Waals surface area contributed by atoms with Crippen molar-refractivity contribution in [2.24, 2.45) is 0 Å². The highest BCUT2D eigenvalue weighted by molar-refractivity contribution is 7.18. The number of aliphatic carboxylic acids is 1. The highest BCUT2D eigenvalue weighted by atomic mass is 32.1. The van der Waals surface area contributed by atoms with E-state index >= 15 is 0 Å². The summed E-state index contributed by atoms with van der Waals surface area (Å²) in [5, 5.41) is 10.1. The van der Waals surface area contributed by atoms with Gasteiger partial charge in [0.05, 0.1) is 5.39 Å². The molecule has 0 bridgehead atoms. The minimum absolute atomic E-state index is 0.528.